The van der Waals surface area contributed by atoms with Gasteiger partial charge in [0.25, 0.3) is 0 Å². The minimum Gasteiger partial charge on any atom is -0.478 e. The first-order chi connectivity index (χ1) is 9.35. The third-order valence-corrected chi connectivity index (χ3v) is 3.23. The highest BCUT2D eigenvalue weighted by atomic mass is 16.5. The number of carbonyl (C=O) groups excluding carboxylic acids is 1. The fourth-order valence-corrected chi connectivity index (χ4v) is 1.70. The molecule has 0 aliphatic rings. The highest BCUT2D eigenvalue weighted by Crippen LogP contribution is 2.18. The smallest absolute Gasteiger partial charge is 0.335 e. The maximum absolute atomic E-state index is 12.0. The van der Waals surface area contributed by atoms with Crippen LogP contribution in [0.25, 0.3) is 0 Å². The van der Waals surface area contributed by atoms with Gasteiger partial charge < -0.3 is 15.2 Å². The zero-order valence-electron chi connectivity index (χ0n) is 12.3. The Morgan fingerprint density at radius 1 is 1.25 bits per heavy atom. The number of anilines is 1. The minimum absolute atomic E-state index is 0.120. The highest BCUT2D eigenvalue weighted by Gasteiger charge is 2.17. The summed E-state index contributed by atoms with van der Waals surface area (Å²) in [6.45, 7) is 6.07. The zero-order chi connectivity index (χ0) is 15.3. The Kier molecular flexibility index (Phi) is 5.70. The molecule has 5 heteroatoms. The van der Waals surface area contributed by atoms with Gasteiger partial charge in [0.05, 0.1) is 12.2 Å². The van der Waals surface area contributed by atoms with E-state index in [1.807, 2.05) is 20.8 Å². The van der Waals surface area contributed by atoms with Gasteiger partial charge in [0.2, 0.25) is 5.91 Å². The van der Waals surface area contributed by atoms with E-state index < -0.39 is 5.97 Å². The van der Waals surface area contributed by atoms with Crippen LogP contribution in [-0.4, -0.2) is 24.1 Å². The van der Waals surface area contributed by atoms with Crippen molar-refractivity contribution < 1.29 is 19.4 Å². The van der Waals surface area contributed by atoms with Gasteiger partial charge in [-0.2, -0.15) is 0 Å². The summed E-state index contributed by atoms with van der Waals surface area (Å²) in [5.74, 6) is -1.08. The first-order valence-electron chi connectivity index (χ1n) is 6.52. The van der Waals surface area contributed by atoms with Gasteiger partial charge in [0, 0.05) is 18.7 Å². The number of methoxy groups -OCH3 is 1. The number of carbonyl (C=O) groups is 2. The summed E-state index contributed by atoms with van der Waals surface area (Å²) in [4.78, 5) is 23.1. The zero-order valence-corrected chi connectivity index (χ0v) is 12.3. The van der Waals surface area contributed by atoms with Crippen molar-refractivity contribution >= 4 is 17.6 Å². The quantitative estimate of drug-likeness (QED) is 0.839. The number of carboxylic acid groups (broad SMARTS) is 1. The van der Waals surface area contributed by atoms with Crippen molar-refractivity contribution in [1.82, 2.24) is 0 Å². The largest absolute Gasteiger partial charge is 0.478 e. The normalized spacial score (nSPS) is 12.2. The van der Waals surface area contributed by atoms with Gasteiger partial charge >= 0.3 is 5.97 Å². The van der Waals surface area contributed by atoms with Crippen LogP contribution in [0.1, 0.15) is 36.7 Å². The Morgan fingerprint density at radius 2 is 1.90 bits per heavy atom. The Labute approximate surface area is 118 Å². The molecule has 0 aliphatic heterocycles. The van der Waals surface area contributed by atoms with Crippen LogP contribution in [0.4, 0.5) is 5.69 Å². The van der Waals surface area contributed by atoms with Gasteiger partial charge in [-0.3, -0.25) is 4.79 Å². The number of rotatable bonds is 6. The fourth-order valence-electron chi connectivity index (χ4n) is 1.70. The number of nitrogens with one attached hydrogen (secondary N) is 1. The number of hydrogen-bond acceptors (Lipinski definition) is 3. The molecule has 1 aromatic carbocycles. The molecule has 0 heterocycles. The number of benzene rings is 1. The van der Waals surface area contributed by atoms with Crippen molar-refractivity contribution in [1.29, 1.82) is 0 Å². The van der Waals surface area contributed by atoms with E-state index in [4.69, 9.17) is 9.84 Å². The lowest BCUT2D eigenvalue weighted by Crippen LogP contribution is -2.24. The molecule has 1 aromatic rings. The topological polar surface area (TPSA) is 75.6 Å². The second-order valence-electron chi connectivity index (χ2n) is 5.18. The van der Waals surface area contributed by atoms with Crippen molar-refractivity contribution in [3.05, 3.63) is 29.3 Å². The van der Waals surface area contributed by atoms with Crippen molar-refractivity contribution in [2.75, 3.05) is 12.4 Å². The van der Waals surface area contributed by atoms with Crippen LogP contribution < -0.4 is 5.32 Å². The Balaban J connectivity index is 2.99. The van der Waals surface area contributed by atoms with Crippen LogP contribution in [0.5, 0.6) is 0 Å². The monoisotopic (exact) mass is 279 g/mol. The molecule has 110 valence electrons. The van der Waals surface area contributed by atoms with E-state index in [0.717, 1.165) is 0 Å². The van der Waals surface area contributed by atoms with E-state index in [0.29, 0.717) is 17.9 Å². The molecule has 0 saturated carbocycles. The van der Waals surface area contributed by atoms with Gasteiger partial charge in [0.15, 0.2) is 0 Å². The molecule has 20 heavy (non-hydrogen) atoms. The SMILES string of the molecule is COCc1cc(NC(=O)C(C)C(C)C)cc(C(=O)O)c1. The molecule has 0 fully saturated rings. The molecule has 0 saturated heterocycles. The average Bonchev–Trinajstić information content (AvgIpc) is 2.37. The van der Waals surface area contributed by atoms with Crippen molar-refractivity contribution in [2.24, 2.45) is 11.8 Å². The summed E-state index contributed by atoms with van der Waals surface area (Å²) in [5.41, 5.74) is 1.32. The molecule has 1 unspecified atom stereocenters. The number of aromatic carboxylic acids is 1. The lowest BCUT2D eigenvalue weighted by Gasteiger charge is -2.16. The number of carboxylic acids is 1. The maximum atomic E-state index is 12.0. The highest BCUT2D eigenvalue weighted by molar-refractivity contribution is 5.95. The van der Waals surface area contributed by atoms with Crippen LogP contribution in [-0.2, 0) is 16.1 Å². The second-order valence-corrected chi connectivity index (χ2v) is 5.18. The van der Waals surface area contributed by atoms with Gasteiger partial charge in [-0.25, -0.2) is 4.79 Å². The molecule has 0 bridgehead atoms. The molecule has 1 amide bonds. The van der Waals surface area contributed by atoms with E-state index in [-0.39, 0.29) is 23.3 Å². The lowest BCUT2D eigenvalue weighted by atomic mass is 9.97. The molecule has 0 aliphatic carbocycles. The molecule has 2 N–H and O–H groups in total. The predicted molar refractivity (Wildman–Crippen MR) is 76.7 cm³/mol. The standard InChI is InChI=1S/C15H21NO4/c1-9(2)10(3)14(17)16-13-6-11(8-20-4)5-12(7-13)15(18)19/h5-7,9-10H,8H2,1-4H3,(H,16,17)(H,18,19). The summed E-state index contributed by atoms with van der Waals surface area (Å²) < 4.78 is 5.00. The van der Waals surface area contributed by atoms with Crippen molar-refractivity contribution in [2.45, 2.75) is 27.4 Å². The van der Waals surface area contributed by atoms with Crippen molar-refractivity contribution in [3.63, 3.8) is 0 Å². The number of ether oxygens (including phenoxy) is 1. The van der Waals surface area contributed by atoms with Gasteiger partial charge in [-0.05, 0) is 29.7 Å². The second kappa shape index (κ2) is 7.05. The average molecular weight is 279 g/mol. The minimum atomic E-state index is -1.03. The van der Waals surface area contributed by atoms with E-state index >= 15 is 0 Å². The number of amides is 1. The number of hydrogen-bond donors (Lipinski definition) is 2. The maximum Gasteiger partial charge on any atom is 0.335 e. The summed E-state index contributed by atoms with van der Waals surface area (Å²) in [6.07, 6.45) is 0. The Hall–Kier alpha value is -1.88. The van der Waals surface area contributed by atoms with Crippen LogP contribution in [0.3, 0.4) is 0 Å². The van der Waals surface area contributed by atoms with Crippen LogP contribution >= 0.6 is 0 Å². The molecule has 5 nitrogen and oxygen atoms in total. The molecule has 0 aromatic heterocycles. The summed E-state index contributed by atoms with van der Waals surface area (Å²) in [6, 6.07) is 4.71. The Morgan fingerprint density at radius 3 is 2.40 bits per heavy atom. The summed E-state index contributed by atoms with van der Waals surface area (Å²) >= 11 is 0. The molecule has 0 radical (unpaired) electrons. The molecular weight excluding hydrogens is 258 g/mol. The molecular formula is C15H21NO4. The fraction of sp³-hybridized carbons (Fsp3) is 0.467. The van der Waals surface area contributed by atoms with Crippen LogP contribution in [0, 0.1) is 11.8 Å². The van der Waals surface area contributed by atoms with Crippen LogP contribution in [0.15, 0.2) is 18.2 Å². The van der Waals surface area contributed by atoms with Gasteiger partial charge in [-0.1, -0.05) is 20.8 Å². The summed E-state index contributed by atoms with van der Waals surface area (Å²) in [5, 5.41) is 11.8. The van der Waals surface area contributed by atoms with Crippen LogP contribution in [0.2, 0.25) is 0 Å². The summed E-state index contributed by atoms with van der Waals surface area (Å²) in [7, 11) is 1.53. The van der Waals surface area contributed by atoms with E-state index in [2.05, 4.69) is 5.32 Å². The third-order valence-electron chi connectivity index (χ3n) is 3.23. The van der Waals surface area contributed by atoms with E-state index in [1.54, 1.807) is 6.07 Å². The first kappa shape index (κ1) is 16.2. The predicted octanol–water partition coefficient (Wildman–Crippen LogP) is 2.76. The first-order valence-corrected chi connectivity index (χ1v) is 6.52. The molecule has 0 spiro atoms. The van der Waals surface area contributed by atoms with Crippen molar-refractivity contribution in [3.8, 4) is 0 Å². The molecule has 1 rings (SSSR count). The Bertz CT molecular complexity index is 497. The van der Waals surface area contributed by atoms with E-state index in [9.17, 15) is 9.59 Å². The van der Waals surface area contributed by atoms with Gasteiger partial charge in [-0.15, -0.1) is 0 Å². The van der Waals surface area contributed by atoms with E-state index in [1.165, 1.54) is 19.2 Å². The lowest BCUT2D eigenvalue weighted by molar-refractivity contribution is -0.120. The third kappa shape index (κ3) is 4.35. The molecule has 1 atom stereocenters. The van der Waals surface area contributed by atoms with Gasteiger partial charge in [0.1, 0.15) is 0 Å².